The Hall–Kier alpha value is -0.610. The maximum atomic E-state index is 9.55. The zero-order valence-corrected chi connectivity index (χ0v) is 10.7. The van der Waals surface area contributed by atoms with Crippen molar-refractivity contribution >= 4 is 21.7 Å². The van der Waals surface area contributed by atoms with Crippen molar-refractivity contribution < 1.29 is 5.11 Å². The summed E-state index contributed by atoms with van der Waals surface area (Å²) >= 11 is 3.43. The summed E-state index contributed by atoms with van der Waals surface area (Å²) in [4.78, 5) is 4.24. The fourth-order valence-corrected chi connectivity index (χ4v) is 1.92. The van der Waals surface area contributed by atoms with Gasteiger partial charge in [0.25, 0.3) is 0 Å². The van der Waals surface area contributed by atoms with Gasteiger partial charge < -0.3 is 10.4 Å². The Labute approximate surface area is 99.1 Å². The van der Waals surface area contributed by atoms with Gasteiger partial charge in [-0.05, 0) is 40.9 Å². The molecule has 2 N–H and O–H groups in total. The third-order valence-corrected chi connectivity index (χ3v) is 2.71. The first-order chi connectivity index (χ1) is 7.13. The van der Waals surface area contributed by atoms with Crippen molar-refractivity contribution in [3.8, 4) is 0 Å². The number of hydrogen-bond acceptors (Lipinski definition) is 3. The minimum absolute atomic E-state index is 0.301. The summed E-state index contributed by atoms with van der Waals surface area (Å²) < 4.78 is 0.936. The molecule has 0 aromatic carbocycles. The second-order valence-electron chi connectivity index (χ2n) is 3.67. The molecule has 3 nitrogen and oxygen atoms in total. The summed E-state index contributed by atoms with van der Waals surface area (Å²) in [5.74, 6) is 0.788. The molecule has 0 fully saturated rings. The third-order valence-electron chi connectivity index (χ3n) is 2.10. The molecule has 1 aromatic heterocycles. The molecule has 0 spiro atoms. The van der Waals surface area contributed by atoms with Crippen LogP contribution in [0.5, 0.6) is 0 Å². The Morgan fingerprint density at radius 1 is 1.60 bits per heavy atom. The SMILES string of the molecule is CCCC(O)CNc1ncc(C)cc1Br. The van der Waals surface area contributed by atoms with Crippen molar-refractivity contribution in [1.82, 2.24) is 4.98 Å². The number of aromatic nitrogens is 1. The van der Waals surface area contributed by atoms with Crippen LogP contribution in [0.2, 0.25) is 0 Å². The molecule has 0 amide bonds. The first-order valence-corrected chi connectivity index (χ1v) is 5.97. The molecular weight excluding hydrogens is 256 g/mol. The topological polar surface area (TPSA) is 45.1 Å². The molecule has 4 heteroatoms. The van der Waals surface area contributed by atoms with Gasteiger partial charge in [-0.1, -0.05) is 13.3 Å². The van der Waals surface area contributed by atoms with Gasteiger partial charge in [0.2, 0.25) is 0 Å². The average Bonchev–Trinajstić information content (AvgIpc) is 2.17. The number of nitrogens with zero attached hydrogens (tertiary/aromatic N) is 1. The van der Waals surface area contributed by atoms with Crippen LogP contribution < -0.4 is 5.32 Å². The lowest BCUT2D eigenvalue weighted by atomic mass is 10.2. The number of aliphatic hydroxyl groups excluding tert-OH is 1. The van der Waals surface area contributed by atoms with E-state index in [1.54, 1.807) is 6.20 Å². The van der Waals surface area contributed by atoms with Gasteiger partial charge in [-0.3, -0.25) is 0 Å². The van der Waals surface area contributed by atoms with Crippen molar-refractivity contribution in [2.24, 2.45) is 0 Å². The summed E-state index contributed by atoms with van der Waals surface area (Å²) in [7, 11) is 0. The quantitative estimate of drug-likeness (QED) is 0.867. The molecule has 1 unspecified atom stereocenters. The van der Waals surface area contributed by atoms with Crippen molar-refractivity contribution in [3.63, 3.8) is 0 Å². The lowest BCUT2D eigenvalue weighted by Gasteiger charge is -2.12. The van der Waals surface area contributed by atoms with E-state index in [9.17, 15) is 5.11 Å². The monoisotopic (exact) mass is 272 g/mol. The van der Waals surface area contributed by atoms with E-state index in [0.717, 1.165) is 28.7 Å². The molecule has 1 atom stereocenters. The van der Waals surface area contributed by atoms with Crippen LogP contribution in [0.25, 0.3) is 0 Å². The van der Waals surface area contributed by atoms with Crippen LogP contribution in [0, 0.1) is 6.92 Å². The second kappa shape index (κ2) is 6.08. The number of aliphatic hydroxyl groups is 1. The van der Waals surface area contributed by atoms with E-state index in [1.165, 1.54) is 0 Å². The van der Waals surface area contributed by atoms with Crippen LogP contribution in [0.15, 0.2) is 16.7 Å². The zero-order valence-electron chi connectivity index (χ0n) is 9.13. The number of nitrogens with one attached hydrogen (secondary N) is 1. The number of anilines is 1. The first kappa shape index (κ1) is 12.5. The highest BCUT2D eigenvalue weighted by atomic mass is 79.9. The third kappa shape index (κ3) is 4.18. The minimum Gasteiger partial charge on any atom is -0.391 e. The number of halogens is 1. The average molecular weight is 273 g/mol. The molecule has 0 aliphatic carbocycles. The largest absolute Gasteiger partial charge is 0.391 e. The maximum Gasteiger partial charge on any atom is 0.140 e. The van der Waals surface area contributed by atoms with Crippen LogP contribution in [0.3, 0.4) is 0 Å². The van der Waals surface area contributed by atoms with Gasteiger partial charge in [0.1, 0.15) is 5.82 Å². The Kier molecular flexibility index (Phi) is 5.05. The van der Waals surface area contributed by atoms with Crippen LogP contribution in [0.4, 0.5) is 5.82 Å². The second-order valence-corrected chi connectivity index (χ2v) is 4.52. The summed E-state index contributed by atoms with van der Waals surface area (Å²) in [6, 6.07) is 2.00. The van der Waals surface area contributed by atoms with Gasteiger partial charge in [0.15, 0.2) is 0 Å². The van der Waals surface area contributed by atoms with Crippen molar-refractivity contribution in [2.45, 2.75) is 32.8 Å². The van der Waals surface area contributed by atoms with Crippen molar-refractivity contribution in [2.75, 3.05) is 11.9 Å². The highest BCUT2D eigenvalue weighted by Gasteiger charge is 2.05. The number of hydrogen-bond donors (Lipinski definition) is 2. The lowest BCUT2D eigenvalue weighted by Crippen LogP contribution is -2.19. The Bertz CT molecular complexity index is 317. The van der Waals surface area contributed by atoms with E-state index in [0.29, 0.717) is 6.54 Å². The predicted octanol–water partition coefficient (Wildman–Crippen LogP) is 2.73. The lowest BCUT2D eigenvalue weighted by molar-refractivity contribution is 0.176. The molecule has 0 radical (unpaired) electrons. The Morgan fingerprint density at radius 2 is 2.33 bits per heavy atom. The van der Waals surface area contributed by atoms with E-state index in [1.807, 2.05) is 13.0 Å². The molecule has 1 aromatic rings. The van der Waals surface area contributed by atoms with Crippen molar-refractivity contribution in [1.29, 1.82) is 0 Å². The molecule has 0 aliphatic rings. The minimum atomic E-state index is -0.301. The Balaban J connectivity index is 2.50. The van der Waals surface area contributed by atoms with E-state index in [2.05, 4.69) is 33.2 Å². The molecule has 15 heavy (non-hydrogen) atoms. The fourth-order valence-electron chi connectivity index (χ4n) is 1.31. The smallest absolute Gasteiger partial charge is 0.140 e. The van der Waals surface area contributed by atoms with Crippen LogP contribution in [0.1, 0.15) is 25.3 Å². The highest BCUT2D eigenvalue weighted by molar-refractivity contribution is 9.10. The Morgan fingerprint density at radius 3 is 2.93 bits per heavy atom. The summed E-state index contributed by atoms with van der Waals surface area (Å²) in [5, 5.41) is 12.7. The van der Waals surface area contributed by atoms with Gasteiger partial charge in [-0.25, -0.2) is 4.98 Å². The summed E-state index contributed by atoms with van der Waals surface area (Å²) in [5.41, 5.74) is 1.11. The van der Waals surface area contributed by atoms with E-state index < -0.39 is 0 Å². The van der Waals surface area contributed by atoms with E-state index in [4.69, 9.17) is 0 Å². The molecule has 0 bridgehead atoms. The molecule has 1 rings (SSSR count). The van der Waals surface area contributed by atoms with Gasteiger partial charge in [0.05, 0.1) is 10.6 Å². The number of pyridine rings is 1. The standard InChI is InChI=1S/C11H17BrN2O/c1-3-4-9(15)7-14-11-10(12)5-8(2)6-13-11/h5-6,9,15H,3-4,7H2,1-2H3,(H,13,14). The molecular formula is C11H17BrN2O. The zero-order chi connectivity index (χ0) is 11.3. The van der Waals surface area contributed by atoms with Gasteiger partial charge in [-0.15, -0.1) is 0 Å². The molecule has 0 aliphatic heterocycles. The van der Waals surface area contributed by atoms with E-state index >= 15 is 0 Å². The van der Waals surface area contributed by atoms with Gasteiger partial charge in [0, 0.05) is 12.7 Å². The number of rotatable bonds is 5. The molecule has 1 heterocycles. The van der Waals surface area contributed by atoms with E-state index in [-0.39, 0.29) is 6.10 Å². The molecule has 0 saturated carbocycles. The fraction of sp³-hybridized carbons (Fsp3) is 0.545. The van der Waals surface area contributed by atoms with Crippen LogP contribution >= 0.6 is 15.9 Å². The summed E-state index contributed by atoms with van der Waals surface area (Å²) in [6.07, 6.45) is 3.31. The maximum absolute atomic E-state index is 9.55. The van der Waals surface area contributed by atoms with Gasteiger partial charge >= 0.3 is 0 Å². The first-order valence-electron chi connectivity index (χ1n) is 5.17. The predicted molar refractivity (Wildman–Crippen MR) is 66.1 cm³/mol. The molecule has 84 valence electrons. The molecule has 0 saturated heterocycles. The van der Waals surface area contributed by atoms with Gasteiger partial charge in [-0.2, -0.15) is 0 Å². The number of aryl methyl sites for hydroxylation is 1. The normalized spacial score (nSPS) is 12.5. The van der Waals surface area contributed by atoms with Crippen LogP contribution in [-0.4, -0.2) is 22.7 Å². The van der Waals surface area contributed by atoms with Crippen molar-refractivity contribution in [3.05, 3.63) is 22.3 Å². The summed E-state index contributed by atoms with van der Waals surface area (Å²) in [6.45, 7) is 4.60. The highest BCUT2D eigenvalue weighted by Crippen LogP contribution is 2.20. The van der Waals surface area contributed by atoms with Crippen LogP contribution in [-0.2, 0) is 0 Å².